The Morgan fingerprint density at radius 3 is 2.73 bits per heavy atom. The maximum atomic E-state index is 14.1. The van der Waals surface area contributed by atoms with E-state index in [1.54, 1.807) is 12.1 Å². The molecule has 0 spiro atoms. The number of piperazine rings is 1. The van der Waals surface area contributed by atoms with Crippen molar-refractivity contribution < 1.29 is 4.39 Å². The summed E-state index contributed by atoms with van der Waals surface area (Å²) in [5.74, 6) is 0.789. The number of anilines is 1. The largest absolute Gasteiger partial charge is 0.344 e. The van der Waals surface area contributed by atoms with Crippen molar-refractivity contribution in [1.29, 1.82) is 0 Å². The number of halogens is 2. The predicted octanol–water partition coefficient (Wildman–Crippen LogP) is 3.16. The molecule has 0 atom stereocenters. The van der Waals surface area contributed by atoms with Gasteiger partial charge in [0, 0.05) is 55.7 Å². The molecule has 1 aliphatic rings. The molecular weight excluding hydrogens is 419 g/mol. The van der Waals surface area contributed by atoms with Crippen molar-refractivity contribution in [2.24, 2.45) is 7.05 Å². The van der Waals surface area contributed by atoms with Gasteiger partial charge in [0.15, 0.2) is 5.01 Å². The number of aryl methyl sites for hydroxylation is 1. The third-order valence-electron chi connectivity index (χ3n) is 4.50. The first-order valence-electron chi connectivity index (χ1n) is 8.32. The van der Waals surface area contributed by atoms with Crippen molar-refractivity contribution in [3.8, 4) is 10.6 Å². The lowest BCUT2D eigenvalue weighted by Gasteiger charge is -2.33. The molecule has 4 rings (SSSR count). The van der Waals surface area contributed by atoms with E-state index in [0.29, 0.717) is 10.6 Å². The first kappa shape index (κ1) is 17.6. The molecule has 3 aromatic rings. The molecule has 1 aliphatic heterocycles. The molecule has 1 fully saturated rings. The minimum absolute atomic E-state index is 0.282. The Kier molecular flexibility index (Phi) is 5.01. The smallest absolute Gasteiger partial charge is 0.208 e. The van der Waals surface area contributed by atoms with Gasteiger partial charge in [0.05, 0.1) is 6.54 Å². The number of rotatable bonds is 4. The highest BCUT2D eigenvalue weighted by Crippen LogP contribution is 2.32. The van der Waals surface area contributed by atoms with Crippen LogP contribution in [0.4, 0.5) is 9.52 Å². The van der Waals surface area contributed by atoms with Crippen LogP contribution < -0.4 is 4.90 Å². The van der Waals surface area contributed by atoms with Crippen LogP contribution in [0.2, 0.25) is 0 Å². The lowest BCUT2D eigenvalue weighted by molar-refractivity contribution is 0.241. The van der Waals surface area contributed by atoms with Crippen molar-refractivity contribution >= 4 is 32.4 Å². The van der Waals surface area contributed by atoms with Crippen LogP contribution >= 0.6 is 27.3 Å². The molecule has 1 saturated heterocycles. The van der Waals surface area contributed by atoms with Gasteiger partial charge >= 0.3 is 0 Å². The van der Waals surface area contributed by atoms with E-state index >= 15 is 0 Å². The van der Waals surface area contributed by atoms with Crippen LogP contribution in [0.15, 0.2) is 35.1 Å². The van der Waals surface area contributed by atoms with Gasteiger partial charge in [-0.25, -0.2) is 9.37 Å². The van der Waals surface area contributed by atoms with E-state index in [-0.39, 0.29) is 5.82 Å². The number of imidazole rings is 1. The van der Waals surface area contributed by atoms with Crippen LogP contribution in [0.1, 0.15) is 5.82 Å². The van der Waals surface area contributed by atoms with Gasteiger partial charge < -0.3 is 9.47 Å². The second-order valence-electron chi connectivity index (χ2n) is 6.23. The van der Waals surface area contributed by atoms with E-state index in [1.807, 2.05) is 19.4 Å². The van der Waals surface area contributed by atoms with Crippen LogP contribution in [0.3, 0.4) is 0 Å². The summed E-state index contributed by atoms with van der Waals surface area (Å²) in [6.07, 6.45) is 3.80. The Morgan fingerprint density at radius 2 is 2.00 bits per heavy atom. The Hall–Kier alpha value is -1.84. The quantitative estimate of drug-likeness (QED) is 0.628. The lowest BCUT2D eigenvalue weighted by Crippen LogP contribution is -2.46. The first-order valence-corrected chi connectivity index (χ1v) is 9.93. The van der Waals surface area contributed by atoms with Crippen LogP contribution in [0.25, 0.3) is 10.6 Å². The van der Waals surface area contributed by atoms with Crippen molar-refractivity contribution in [2.45, 2.75) is 6.54 Å². The Balaban J connectivity index is 1.41. The first-order chi connectivity index (χ1) is 12.6. The molecule has 3 heterocycles. The minimum Gasteiger partial charge on any atom is -0.344 e. The Labute approximate surface area is 163 Å². The number of nitrogens with zero attached hydrogens (tertiary/aromatic N) is 6. The second kappa shape index (κ2) is 7.42. The molecule has 0 unspecified atom stereocenters. The summed E-state index contributed by atoms with van der Waals surface area (Å²) in [6, 6.07) is 4.86. The Morgan fingerprint density at radius 1 is 1.19 bits per heavy atom. The third kappa shape index (κ3) is 3.65. The minimum atomic E-state index is -0.282. The summed E-state index contributed by atoms with van der Waals surface area (Å²) >= 11 is 4.81. The number of aromatic nitrogens is 4. The molecule has 0 aliphatic carbocycles. The highest BCUT2D eigenvalue weighted by atomic mass is 79.9. The van der Waals surface area contributed by atoms with Crippen molar-refractivity contribution in [2.75, 3.05) is 31.1 Å². The normalized spacial score (nSPS) is 15.6. The summed E-state index contributed by atoms with van der Waals surface area (Å²) in [7, 11) is 2.02. The maximum absolute atomic E-state index is 14.1. The summed E-state index contributed by atoms with van der Waals surface area (Å²) in [5, 5.41) is 9.92. The van der Waals surface area contributed by atoms with E-state index in [4.69, 9.17) is 0 Å². The zero-order valence-electron chi connectivity index (χ0n) is 14.3. The van der Waals surface area contributed by atoms with Crippen LogP contribution in [-0.2, 0) is 13.6 Å². The number of benzene rings is 1. The van der Waals surface area contributed by atoms with E-state index in [1.165, 1.54) is 17.4 Å². The average Bonchev–Trinajstić information content (AvgIpc) is 3.28. The topological polar surface area (TPSA) is 50.1 Å². The molecule has 6 nitrogen and oxygen atoms in total. The van der Waals surface area contributed by atoms with E-state index in [9.17, 15) is 4.39 Å². The lowest BCUT2D eigenvalue weighted by atomic mass is 10.2. The van der Waals surface area contributed by atoms with Gasteiger partial charge in [0.1, 0.15) is 11.6 Å². The monoisotopic (exact) mass is 436 g/mol. The third-order valence-corrected chi connectivity index (χ3v) is 6.01. The van der Waals surface area contributed by atoms with Gasteiger partial charge in [-0.15, -0.1) is 10.2 Å². The van der Waals surface area contributed by atoms with E-state index in [0.717, 1.165) is 48.2 Å². The van der Waals surface area contributed by atoms with Gasteiger partial charge in [-0.1, -0.05) is 27.3 Å². The fraction of sp³-hybridized carbons (Fsp3) is 0.353. The molecule has 0 amide bonds. The molecule has 26 heavy (non-hydrogen) atoms. The summed E-state index contributed by atoms with van der Waals surface area (Å²) < 4.78 is 16.9. The van der Waals surface area contributed by atoms with Crippen molar-refractivity contribution in [3.63, 3.8) is 0 Å². The van der Waals surface area contributed by atoms with Gasteiger partial charge in [-0.05, 0) is 18.2 Å². The molecule has 1 aromatic carbocycles. The maximum Gasteiger partial charge on any atom is 0.208 e. The van der Waals surface area contributed by atoms with Gasteiger partial charge in [0.25, 0.3) is 0 Å². The number of hydrogen-bond acceptors (Lipinski definition) is 6. The highest BCUT2D eigenvalue weighted by Gasteiger charge is 2.22. The zero-order valence-corrected chi connectivity index (χ0v) is 16.7. The van der Waals surface area contributed by atoms with Gasteiger partial charge in [-0.3, -0.25) is 4.90 Å². The summed E-state index contributed by atoms with van der Waals surface area (Å²) in [6.45, 7) is 4.47. The van der Waals surface area contributed by atoms with E-state index in [2.05, 4.69) is 45.5 Å². The van der Waals surface area contributed by atoms with Crippen molar-refractivity contribution in [3.05, 3.63) is 46.7 Å². The molecule has 0 bridgehead atoms. The zero-order chi connectivity index (χ0) is 18.1. The molecule has 9 heteroatoms. The fourth-order valence-corrected chi connectivity index (χ4v) is 4.23. The molecule has 2 aromatic heterocycles. The second-order valence-corrected chi connectivity index (χ2v) is 8.10. The standard InChI is InChI=1S/C17H18BrFN6S/c1-23-5-4-20-15(23)11-24-6-8-25(9-7-24)17-22-21-16(26-17)13-10-12(18)2-3-14(13)19/h2-5,10H,6-9,11H2,1H3. The average molecular weight is 437 g/mol. The molecule has 0 radical (unpaired) electrons. The summed E-state index contributed by atoms with van der Waals surface area (Å²) in [4.78, 5) is 8.99. The molecule has 136 valence electrons. The van der Waals surface area contributed by atoms with E-state index < -0.39 is 0 Å². The van der Waals surface area contributed by atoms with Gasteiger partial charge in [0.2, 0.25) is 5.13 Å². The number of hydrogen-bond donors (Lipinski definition) is 0. The van der Waals surface area contributed by atoms with Gasteiger partial charge in [-0.2, -0.15) is 0 Å². The van der Waals surface area contributed by atoms with Crippen LogP contribution in [0, 0.1) is 5.82 Å². The fourth-order valence-electron chi connectivity index (χ4n) is 2.96. The Bertz CT molecular complexity index is 902. The van der Waals surface area contributed by atoms with Crippen LogP contribution in [-0.4, -0.2) is 50.8 Å². The molecule has 0 N–H and O–H groups in total. The predicted molar refractivity (Wildman–Crippen MR) is 104 cm³/mol. The molecular formula is C17H18BrFN6S. The highest BCUT2D eigenvalue weighted by molar-refractivity contribution is 9.10. The van der Waals surface area contributed by atoms with Crippen LogP contribution in [0.5, 0.6) is 0 Å². The van der Waals surface area contributed by atoms with Crippen molar-refractivity contribution in [1.82, 2.24) is 24.6 Å². The SMILES string of the molecule is Cn1ccnc1CN1CCN(c2nnc(-c3cc(Br)ccc3F)s2)CC1. The summed E-state index contributed by atoms with van der Waals surface area (Å²) in [5.41, 5.74) is 0.483. The molecule has 0 saturated carbocycles.